The zero-order valence-corrected chi connectivity index (χ0v) is 10.7. The normalized spacial score (nSPS) is 10.1. The summed E-state index contributed by atoms with van der Waals surface area (Å²) in [6, 6.07) is 15.1. The van der Waals surface area contributed by atoms with Crippen LogP contribution >= 0.6 is 12.0 Å². The molecule has 0 aliphatic heterocycles. The van der Waals surface area contributed by atoms with Crippen molar-refractivity contribution < 1.29 is 8.98 Å². The minimum atomic E-state index is -0.101. The molecule has 2 N–H and O–H groups in total. The van der Waals surface area contributed by atoms with Gasteiger partial charge in [-0.05, 0) is 17.7 Å². The van der Waals surface area contributed by atoms with Crippen LogP contribution in [0.25, 0.3) is 11.1 Å². The summed E-state index contributed by atoms with van der Waals surface area (Å²) in [6.07, 6.45) is 0. The van der Waals surface area contributed by atoms with Crippen LogP contribution in [0.3, 0.4) is 0 Å². The molecule has 3 nitrogen and oxygen atoms in total. The number of benzene rings is 2. The summed E-state index contributed by atoms with van der Waals surface area (Å²) < 4.78 is 5.42. The smallest absolute Gasteiger partial charge is 0.224 e. The summed E-state index contributed by atoms with van der Waals surface area (Å²) in [7, 11) is 0. The van der Waals surface area contributed by atoms with Crippen LogP contribution in [0, 0.1) is 0 Å². The van der Waals surface area contributed by atoms with Crippen LogP contribution in [-0.2, 0) is 4.79 Å². The van der Waals surface area contributed by atoms with Crippen molar-refractivity contribution >= 4 is 22.8 Å². The van der Waals surface area contributed by atoms with E-state index in [-0.39, 0.29) is 5.12 Å². The lowest BCUT2D eigenvalue weighted by atomic mass is 10.0. The molecule has 0 aliphatic carbocycles. The number of rotatable bonds is 3. The predicted octanol–water partition coefficient (Wildman–Crippen LogP) is 3.51. The third-order valence-corrected chi connectivity index (χ3v) is 2.87. The molecule has 0 aromatic heterocycles. The van der Waals surface area contributed by atoms with Crippen LogP contribution in [0.4, 0.5) is 5.69 Å². The predicted molar refractivity (Wildman–Crippen MR) is 75.2 cm³/mol. The van der Waals surface area contributed by atoms with Gasteiger partial charge >= 0.3 is 0 Å². The van der Waals surface area contributed by atoms with Crippen molar-refractivity contribution in [3.63, 3.8) is 0 Å². The van der Waals surface area contributed by atoms with Crippen LogP contribution in [0.2, 0.25) is 0 Å². The Morgan fingerprint density at radius 3 is 2.50 bits per heavy atom. The molecule has 18 heavy (non-hydrogen) atoms. The second-order valence-corrected chi connectivity index (χ2v) is 4.65. The van der Waals surface area contributed by atoms with Gasteiger partial charge in [0.05, 0.1) is 0 Å². The molecule has 2 rings (SSSR count). The third kappa shape index (κ3) is 2.84. The van der Waals surface area contributed by atoms with Gasteiger partial charge in [0.1, 0.15) is 17.8 Å². The van der Waals surface area contributed by atoms with E-state index in [1.54, 1.807) is 12.1 Å². The first kappa shape index (κ1) is 12.5. The Morgan fingerprint density at radius 1 is 1.11 bits per heavy atom. The van der Waals surface area contributed by atoms with Gasteiger partial charge in [0.25, 0.3) is 0 Å². The average Bonchev–Trinajstić information content (AvgIpc) is 2.37. The largest absolute Gasteiger partial charge is 0.417 e. The Hall–Kier alpha value is -1.94. The number of carbonyl (C=O) groups is 1. The molecule has 0 heterocycles. The van der Waals surface area contributed by atoms with Gasteiger partial charge in [-0.1, -0.05) is 36.4 Å². The van der Waals surface area contributed by atoms with E-state index in [9.17, 15) is 4.79 Å². The highest BCUT2D eigenvalue weighted by Gasteiger charge is 2.11. The molecular weight excluding hydrogens is 246 g/mol. The first-order valence-electron chi connectivity index (χ1n) is 5.47. The molecule has 4 heteroatoms. The molecule has 0 atom stereocenters. The van der Waals surface area contributed by atoms with Crippen molar-refractivity contribution in [2.75, 3.05) is 5.73 Å². The van der Waals surface area contributed by atoms with Gasteiger partial charge in [0.15, 0.2) is 0 Å². The number of carbonyl (C=O) groups excluding carboxylic acids is 1. The lowest BCUT2D eigenvalue weighted by Crippen LogP contribution is -1.95. The molecule has 0 fully saturated rings. The molecule has 0 saturated carbocycles. The number of hydrogen-bond acceptors (Lipinski definition) is 4. The zero-order chi connectivity index (χ0) is 13.0. The first-order chi connectivity index (χ1) is 8.68. The minimum Gasteiger partial charge on any atom is -0.417 e. The van der Waals surface area contributed by atoms with Crippen LogP contribution < -0.4 is 9.92 Å². The summed E-state index contributed by atoms with van der Waals surface area (Å²) >= 11 is 0.807. The highest BCUT2D eigenvalue weighted by molar-refractivity contribution is 8.09. The summed E-state index contributed by atoms with van der Waals surface area (Å²) in [5.74, 6) is 0.599. The molecule has 2 aromatic rings. The maximum absolute atomic E-state index is 11.0. The van der Waals surface area contributed by atoms with E-state index in [0.717, 1.165) is 23.2 Å². The summed E-state index contributed by atoms with van der Waals surface area (Å²) in [5, 5.41) is -0.101. The highest BCUT2D eigenvalue weighted by atomic mass is 32.2. The molecule has 0 saturated heterocycles. The van der Waals surface area contributed by atoms with E-state index in [4.69, 9.17) is 9.92 Å². The molecule has 0 bridgehead atoms. The van der Waals surface area contributed by atoms with Crippen molar-refractivity contribution in [3.8, 4) is 16.9 Å². The molecule has 0 radical (unpaired) electrons. The fourth-order valence-electron chi connectivity index (χ4n) is 1.63. The molecule has 0 amide bonds. The fraction of sp³-hybridized carbons (Fsp3) is 0.0714. The van der Waals surface area contributed by atoms with Gasteiger partial charge < -0.3 is 9.92 Å². The monoisotopic (exact) mass is 259 g/mol. The number of hydrogen-bond donors (Lipinski definition) is 1. The number of nitrogen functional groups attached to an aromatic ring is 1. The number of anilines is 1. The van der Waals surface area contributed by atoms with Crippen molar-refractivity contribution in [1.29, 1.82) is 0 Å². The van der Waals surface area contributed by atoms with Crippen LogP contribution in [0.5, 0.6) is 5.75 Å². The molecule has 2 aromatic carbocycles. The summed E-state index contributed by atoms with van der Waals surface area (Å²) in [5.41, 5.74) is 8.39. The molecule has 92 valence electrons. The van der Waals surface area contributed by atoms with Crippen molar-refractivity contribution in [3.05, 3.63) is 48.5 Å². The highest BCUT2D eigenvalue weighted by Crippen LogP contribution is 2.36. The van der Waals surface area contributed by atoms with Crippen molar-refractivity contribution in [2.24, 2.45) is 0 Å². The van der Waals surface area contributed by atoms with E-state index in [0.29, 0.717) is 11.4 Å². The van der Waals surface area contributed by atoms with Gasteiger partial charge in [0.2, 0.25) is 5.12 Å². The summed E-state index contributed by atoms with van der Waals surface area (Å²) in [6.45, 7) is 1.46. The topological polar surface area (TPSA) is 52.3 Å². The molecule has 0 aliphatic rings. The van der Waals surface area contributed by atoms with Gasteiger partial charge in [-0.15, -0.1) is 0 Å². The van der Waals surface area contributed by atoms with E-state index in [1.165, 1.54) is 6.92 Å². The van der Waals surface area contributed by atoms with E-state index in [1.807, 2.05) is 36.4 Å². The quantitative estimate of drug-likeness (QED) is 0.677. The minimum absolute atomic E-state index is 0.101. The Kier molecular flexibility index (Phi) is 3.89. The molecule has 0 spiro atoms. The molecule has 0 unspecified atom stereocenters. The van der Waals surface area contributed by atoms with Crippen molar-refractivity contribution in [1.82, 2.24) is 0 Å². The Labute approximate surface area is 110 Å². The van der Waals surface area contributed by atoms with Crippen LogP contribution in [0.1, 0.15) is 6.92 Å². The first-order valence-corrected chi connectivity index (χ1v) is 6.21. The van der Waals surface area contributed by atoms with Crippen LogP contribution in [0.15, 0.2) is 48.5 Å². The van der Waals surface area contributed by atoms with Gasteiger partial charge in [0, 0.05) is 18.2 Å². The zero-order valence-electron chi connectivity index (χ0n) is 9.92. The Balaban J connectivity index is 2.42. The Morgan fingerprint density at radius 2 is 1.83 bits per heavy atom. The van der Waals surface area contributed by atoms with E-state index < -0.39 is 0 Å². The number of nitrogens with two attached hydrogens (primary N) is 1. The average molecular weight is 259 g/mol. The van der Waals surface area contributed by atoms with Gasteiger partial charge in [-0.2, -0.15) is 0 Å². The van der Waals surface area contributed by atoms with Gasteiger partial charge in [-0.3, -0.25) is 4.79 Å². The standard InChI is InChI=1S/C14H13NO2S/c1-10(16)18-17-13-9-5-8-12(15)14(13)11-6-3-2-4-7-11/h2-9H,15H2,1H3. The van der Waals surface area contributed by atoms with E-state index in [2.05, 4.69) is 0 Å². The van der Waals surface area contributed by atoms with Crippen molar-refractivity contribution in [2.45, 2.75) is 6.92 Å². The fourth-order valence-corrected chi connectivity index (χ4v) is 1.98. The lowest BCUT2D eigenvalue weighted by Gasteiger charge is -2.11. The van der Waals surface area contributed by atoms with Crippen LogP contribution in [-0.4, -0.2) is 5.12 Å². The van der Waals surface area contributed by atoms with Gasteiger partial charge in [-0.25, -0.2) is 0 Å². The summed E-state index contributed by atoms with van der Waals surface area (Å²) in [4.78, 5) is 11.0. The maximum atomic E-state index is 11.0. The second-order valence-electron chi connectivity index (χ2n) is 3.74. The maximum Gasteiger partial charge on any atom is 0.224 e. The SMILES string of the molecule is CC(=O)SOc1cccc(N)c1-c1ccccc1. The molecular formula is C14H13NO2S. The second kappa shape index (κ2) is 5.60. The van der Waals surface area contributed by atoms with E-state index >= 15 is 0 Å². The third-order valence-electron chi connectivity index (χ3n) is 2.37. The Bertz CT molecular complexity index is 555. The lowest BCUT2D eigenvalue weighted by molar-refractivity contribution is -0.109.